The van der Waals surface area contributed by atoms with Gasteiger partial charge in [-0.05, 0) is 37.1 Å². The lowest BCUT2D eigenvalue weighted by atomic mass is 10.1. The van der Waals surface area contributed by atoms with Gasteiger partial charge in [-0.1, -0.05) is 23.9 Å². The van der Waals surface area contributed by atoms with Crippen molar-refractivity contribution in [1.82, 2.24) is 15.1 Å². The Labute approximate surface area is 140 Å². The molecule has 1 amide bonds. The Kier molecular flexibility index (Phi) is 5.12. The summed E-state index contributed by atoms with van der Waals surface area (Å²) in [5.41, 5.74) is 1.75. The van der Waals surface area contributed by atoms with Gasteiger partial charge in [0.25, 0.3) is 0 Å². The number of thioether (sulfide) groups is 1. The molecule has 0 radical (unpaired) electrons. The average molecular weight is 329 g/mol. The topological polar surface area (TPSA) is 55.3 Å². The minimum atomic E-state index is 0.186. The molecule has 6 heteroatoms. The van der Waals surface area contributed by atoms with Gasteiger partial charge in [-0.25, -0.2) is 0 Å². The van der Waals surface area contributed by atoms with Crippen LogP contribution in [0, 0.1) is 0 Å². The van der Waals surface area contributed by atoms with Gasteiger partial charge in [-0.15, -0.1) is 10.2 Å². The van der Waals surface area contributed by atoms with Crippen LogP contribution in [0.4, 0.5) is 0 Å². The largest absolute Gasteiger partial charge is 0.497 e. The molecule has 2 heterocycles. The van der Waals surface area contributed by atoms with Crippen LogP contribution in [0.5, 0.6) is 5.75 Å². The highest BCUT2D eigenvalue weighted by Gasteiger charge is 2.17. The van der Waals surface area contributed by atoms with Crippen molar-refractivity contribution in [2.24, 2.45) is 0 Å². The van der Waals surface area contributed by atoms with Crippen LogP contribution >= 0.6 is 11.8 Å². The van der Waals surface area contributed by atoms with Gasteiger partial charge in [0, 0.05) is 18.7 Å². The van der Waals surface area contributed by atoms with Crippen LogP contribution in [0.1, 0.15) is 12.8 Å². The van der Waals surface area contributed by atoms with Gasteiger partial charge in [-0.3, -0.25) is 4.79 Å². The molecule has 120 valence electrons. The van der Waals surface area contributed by atoms with E-state index in [2.05, 4.69) is 10.2 Å². The number of ether oxygens (including phenoxy) is 1. The van der Waals surface area contributed by atoms with E-state index < -0.39 is 0 Å². The summed E-state index contributed by atoms with van der Waals surface area (Å²) in [6.45, 7) is 1.78. The molecule has 0 atom stereocenters. The number of methoxy groups -OCH3 is 1. The zero-order chi connectivity index (χ0) is 16.1. The van der Waals surface area contributed by atoms with Gasteiger partial charge in [0.1, 0.15) is 10.8 Å². The summed E-state index contributed by atoms with van der Waals surface area (Å²) in [7, 11) is 1.64. The molecule has 2 aromatic rings. The zero-order valence-electron chi connectivity index (χ0n) is 13.1. The van der Waals surface area contributed by atoms with Crippen molar-refractivity contribution >= 4 is 17.7 Å². The van der Waals surface area contributed by atoms with Gasteiger partial charge in [0.05, 0.1) is 18.6 Å². The summed E-state index contributed by atoms with van der Waals surface area (Å²) in [5, 5.41) is 9.23. The first-order valence-corrected chi connectivity index (χ1v) is 8.63. The fourth-order valence-corrected chi connectivity index (χ4v) is 3.24. The van der Waals surface area contributed by atoms with Crippen molar-refractivity contribution in [3.63, 3.8) is 0 Å². The zero-order valence-corrected chi connectivity index (χ0v) is 13.9. The molecule has 1 aromatic carbocycles. The monoisotopic (exact) mass is 329 g/mol. The highest BCUT2D eigenvalue weighted by molar-refractivity contribution is 7.99. The molecule has 23 heavy (non-hydrogen) atoms. The third-order valence-corrected chi connectivity index (χ3v) is 4.71. The highest BCUT2D eigenvalue weighted by atomic mass is 32.2. The summed E-state index contributed by atoms with van der Waals surface area (Å²) in [6.07, 6.45) is 2.23. The van der Waals surface area contributed by atoms with Crippen molar-refractivity contribution in [2.45, 2.75) is 17.9 Å². The normalized spacial score (nSPS) is 14.0. The second-order valence-corrected chi connectivity index (χ2v) is 6.36. The fourth-order valence-electron chi connectivity index (χ4n) is 2.53. The van der Waals surface area contributed by atoms with E-state index in [0.29, 0.717) is 5.75 Å². The molecule has 1 aromatic heterocycles. The van der Waals surface area contributed by atoms with E-state index in [1.807, 2.05) is 41.3 Å². The molecule has 1 aliphatic rings. The number of hydrogen-bond acceptors (Lipinski definition) is 5. The Morgan fingerprint density at radius 3 is 2.74 bits per heavy atom. The first-order valence-electron chi connectivity index (χ1n) is 7.65. The summed E-state index contributed by atoms with van der Waals surface area (Å²) < 4.78 is 5.22. The van der Waals surface area contributed by atoms with Crippen molar-refractivity contribution in [2.75, 3.05) is 26.0 Å². The van der Waals surface area contributed by atoms with E-state index in [1.165, 1.54) is 11.8 Å². The van der Waals surface area contributed by atoms with Gasteiger partial charge in [0.2, 0.25) is 5.91 Å². The smallest absolute Gasteiger partial charge is 0.232 e. The number of hydrogen-bond donors (Lipinski definition) is 0. The molecule has 0 saturated carbocycles. The van der Waals surface area contributed by atoms with Crippen LogP contribution in [0.3, 0.4) is 0 Å². The number of amides is 1. The number of aromatic nitrogens is 2. The highest BCUT2D eigenvalue weighted by Crippen LogP contribution is 2.23. The first kappa shape index (κ1) is 15.8. The Balaban J connectivity index is 1.61. The lowest BCUT2D eigenvalue weighted by Crippen LogP contribution is -2.29. The molecular formula is C17H19N3O2S. The maximum Gasteiger partial charge on any atom is 0.232 e. The molecule has 1 aliphatic heterocycles. The van der Waals surface area contributed by atoms with Crippen molar-refractivity contribution in [3.05, 3.63) is 36.4 Å². The Bertz CT molecular complexity index is 670. The average Bonchev–Trinajstić information content (AvgIpc) is 3.15. The van der Waals surface area contributed by atoms with E-state index in [0.717, 1.165) is 48.0 Å². The Morgan fingerprint density at radius 2 is 2.04 bits per heavy atom. The third kappa shape index (κ3) is 4.01. The summed E-state index contributed by atoms with van der Waals surface area (Å²) in [4.78, 5) is 13.9. The third-order valence-electron chi connectivity index (χ3n) is 3.81. The van der Waals surface area contributed by atoms with Crippen LogP contribution in [-0.2, 0) is 4.79 Å². The summed E-state index contributed by atoms with van der Waals surface area (Å²) >= 11 is 1.44. The van der Waals surface area contributed by atoms with Crippen LogP contribution in [0.2, 0.25) is 0 Å². The van der Waals surface area contributed by atoms with Crippen LogP contribution in [-0.4, -0.2) is 47.0 Å². The minimum Gasteiger partial charge on any atom is -0.497 e. The molecule has 0 spiro atoms. The molecular weight excluding hydrogens is 310 g/mol. The van der Waals surface area contributed by atoms with Crippen LogP contribution in [0.15, 0.2) is 41.4 Å². The molecule has 1 fully saturated rings. The van der Waals surface area contributed by atoms with Gasteiger partial charge in [0.15, 0.2) is 0 Å². The summed E-state index contributed by atoms with van der Waals surface area (Å²) in [6, 6.07) is 11.5. The number of nitrogens with zero attached hydrogens (tertiary/aromatic N) is 3. The van der Waals surface area contributed by atoms with Gasteiger partial charge in [-0.2, -0.15) is 0 Å². The number of likely N-dealkylation sites (tertiary alicyclic amines) is 1. The fraction of sp³-hybridized carbons (Fsp3) is 0.353. The molecule has 0 N–H and O–H groups in total. The molecule has 0 bridgehead atoms. The molecule has 1 saturated heterocycles. The lowest BCUT2D eigenvalue weighted by Gasteiger charge is -2.14. The summed E-state index contributed by atoms with van der Waals surface area (Å²) in [5.74, 6) is 1.40. The second kappa shape index (κ2) is 7.46. The Hall–Kier alpha value is -2.08. The quantitative estimate of drug-likeness (QED) is 0.790. The number of benzene rings is 1. The SMILES string of the molecule is COc1cccc(-c2ccc(SCC(=O)N3CCCC3)nn2)c1. The predicted octanol–water partition coefficient (Wildman–Crippen LogP) is 2.87. The van der Waals surface area contributed by atoms with E-state index in [9.17, 15) is 4.79 Å². The van der Waals surface area contributed by atoms with Crippen molar-refractivity contribution in [3.8, 4) is 17.0 Å². The standard InChI is InChI=1S/C17H19N3O2S/c1-22-14-6-4-5-13(11-14)15-7-8-16(19-18-15)23-12-17(21)20-9-2-3-10-20/h4-8,11H,2-3,9-10,12H2,1H3. The van der Waals surface area contributed by atoms with Crippen LogP contribution < -0.4 is 4.74 Å². The molecule has 3 rings (SSSR count). The van der Waals surface area contributed by atoms with Gasteiger partial charge >= 0.3 is 0 Å². The first-order chi connectivity index (χ1) is 11.3. The second-order valence-electron chi connectivity index (χ2n) is 5.37. The minimum absolute atomic E-state index is 0.186. The number of carbonyl (C=O) groups excluding carboxylic acids is 1. The van der Waals surface area contributed by atoms with E-state index in [1.54, 1.807) is 7.11 Å². The van der Waals surface area contributed by atoms with E-state index in [4.69, 9.17) is 4.74 Å². The van der Waals surface area contributed by atoms with Crippen LogP contribution in [0.25, 0.3) is 11.3 Å². The predicted molar refractivity (Wildman–Crippen MR) is 90.6 cm³/mol. The van der Waals surface area contributed by atoms with Crippen molar-refractivity contribution < 1.29 is 9.53 Å². The number of carbonyl (C=O) groups is 1. The molecule has 0 aliphatic carbocycles. The molecule has 0 unspecified atom stereocenters. The molecule has 5 nitrogen and oxygen atoms in total. The van der Waals surface area contributed by atoms with E-state index in [-0.39, 0.29) is 5.91 Å². The number of rotatable bonds is 5. The Morgan fingerprint density at radius 1 is 1.22 bits per heavy atom. The lowest BCUT2D eigenvalue weighted by molar-refractivity contribution is -0.127. The van der Waals surface area contributed by atoms with Gasteiger partial charge < -0.3 is 9.64 Å². The maximum atomic E-state index is 12.0. The van der Waals surface area contributed by atoms with Crippen molar-refractivity contribution in [1.29, 1.82) is 0 Å². The van der Waals surface area contributed by atoms with E-state index >= 15 is 0 Å². The maximum absolute atomic E-state index is 12.0.